The van der Waals surface area contributed by atoms with E-state index in [0.717, 1.165) is 0 Å². The van der Waals surface area contributed by atoms with Crippen molar-refractivity contribution in [3.05, 3.63) is 0 Å². The van der Waals surface area contributed by atoms with Gasteiger partial charge in [0.05, 0.1) is 12.5 Å². The van der Waals surface area contributed by atoms with Crippen molar-refractivity contribution in [1.82, 2.24) is 16.0 Å². The monoisotopic (exact) mass is 488 g/mol. The minimum atomic E-state index is -1.62. The fourth-order valence-corrected chi connectivity index (χ4v) is 2.54. The lowest BCUT2D eigenvalue weighted by Crippen LogP contribution is -2.56. The summed E-state index contributed by atoms with van der Waals surface area (Å²) in [5.41, 5.74) is 21.0. The van der Waals surface area contributed by atoms with Gasteiger partial charge >= 0.3 is 11.9 Å². The van der Waals surface area contributed by atoms with Crippen LogP contribution < -0.4 is 38.9 Å². The van der Waals surface area contributed by atoms with Crippen molar-refractivity contribution in [1.29, 1.82) is 0 Å². The minimum Gasteiger partial charge on any atom is -0.481 e. The fraction of sp³-hybridized carbons (Fsp3) is 0.611. The standard InChI is InChI=1S/C18H32N8O8/c1-8(24-15(31)9(19)4-5-13(28)29)14(30)25-10(3-2-6-23-18(21)22)16(32)26-11(17(33)34)7-12(20)27/h8-11H,2-7,19H2,1H3,(H2,20,27)(H,24,31)(H,25,30)(H,26,32)(H,28,29)(H,33,34)(H4,21,22,23). The Labute approximate surface area is 194 Å². The Morgan fingerprint density at radius 2 is 1.44 bits per heavy atom. The van der Waals surface area contributed by atoms with Gasteiger partial charge in [-0.3, -0.25) is 29.0 Å². The first-order valence-electron chi connectivity index (χ1n) is 10.2. The zero-order valence-corrected chi connectivity index (χ0v) is 18.7. The Bertz CT molecular complexity index is 799. The Morgan fingerprint density at radius 1 is 0.853 bits per heavy atom. The second-order valence-corrected chi connectivity index (χ2v) is 7.35. The normalized spacial score (nSPS) is 13.9. The summed E-state index contributed by atoms with van der Waals surface area (Å²) in [7, 11) is 0. The van der Waals surface area contributed by atoms with Crippen LogP contribution in [0.15, 0.2) is 4.99 Å². The van der Waals surface area contributed by atoms with Gasteiger partial charge < -0.3 is 49.1 Å². The van der Waals surface area contributed by atoms with E-state index in [9.17, 15) is 33.9 Å². The summed E-state index contributed by atoms with van der Waals surface area (Å²) in [6.45, 7) is 1.41. The SMILES string of the molecule is CC(NC(=O)C(N)CCC(=O)O)C(=O)NC(CCCN=C(N)N)C(=O)NC(CC(N)=O)C(=O)O. The molecule has 0 fully saturated rings. The number of guanidine groups is 1. The summed E-state index contributed by atoms with van der Waals surface area (Å²) < 4.78 is 0. The Morgan fingerprint density at radius 3 is 1.94 bits per heavy atom. The molecule has 16 nitrogen and oxygen atoms in total. The van der Waals surface area contributed by atoms with Crippen LogP contribution in [0.4, 0.5) is 0 Å². The van der Waals surface area contributed by atoms with E-state index < -0.39 is 66.2 Å². The lowest BCUT2D eigenvalue weighted by molar-refractivity contribution is -0.143. The predicted octanol–water partition coefficient (Wildman–Crippen LogP) is -4.33. The van der Waals surface area contributed by atoms with E-state index in [1.54, 1.807) is 0 Å². The molecule has 13 N–H and O–H groups in total. The molecule has 4 unspecified atom stereocenters. The third-order valence-electron chi connectivity index (χ3n) is 4.36. The van der Waals surface area contributed by atoms with Gasteiger partial charge in [0, 0.05) is 13.0 Å². The van der Waals surface area contributed by atoms with E-state index >= 15 is 0 Å². The molecule has 4 atom stereocenters. The van der Waals surface area contributed by atoms with Crippen LogP contribution in [0.5, 0.6) is 0 Å². The Balaban J connectivity index is 5.24. The highest BCUT2D eigenvalue weighted by molar-refractivity contribution is 5.94. The number of aliphatic carboxylic acids is 2. The van der Waals surface area contributed by atoms with Crippen LogP contribution in [0.1, 0.15) is 39.0 Å². The lowest BCUT2D eigenvalue weighted by atomic mass is 10.1. The third kappa shape index (κ3) is 12.8. The number of amides is 4. The van der Waals surface area contributed by atoms with Crippen molar-refractivity contribution in [2.75, 3.05) is 6.54 Å². The number of aliphatic imine (C=N–C) groups is 1. The van der Waals surface area contributed by atoms with E-state index in [4.69, 9.17) is 28.0 Å². The van der Waals surface area contributed by atoms with Crippen molar-refractivity contribution in [2.24, 2.45) is 27.9 Å². The van der Waals surface area contributed by atoms with Crippen LogP contribution in [0.25, 0.3) is 0 Å². The number of nitrogens with one attached hydrogen (secondary N) is 3. The first-order chi connectivity index (χ1) is 15.7. The molecule has 0 spiro atoms. The average molecular weight is 489 g/mol. The fourth-order valence-electron chi connectivity index (χ4n) is 2.54. The summed E-state index contributed by atoms with van der Waals surface area (Å²) >= 11 is 0. The number of carboxylic acids is 2. The average Bonchev–Trinajstić information content (AvgIpc) is 2.72. The van der Waals surface area contributed by atoms with Crippen molar-refractivity contribution in [3.63, 3.8) is 0 Å². The molecule has 0 rings (SSSR count). The number of nitrogens with two attached hydrogens (primary N) is 4. The van der Waals surface area contributed by atoms with Gasteiger partial charge in [0.15, 0.2) is 5.96 Å². The van der Waals surface area contributed by atoms with Crippen molar-refractivity contribution >= 4 is 41.5 Å². The van der Waals surface area contributed by atoms with Gasteiger partial charge in [-0.05, 0) is 26.2 Å². The van der Waals surface area contributed by atoms with E-state index in [-0.39, 0.29) is 38.2 Å². The second kappa shape index (κ2) is 15.0. The van der Waals surface area contributed by atoms with Crippen molar-refractivity contribution < 1.29 is 39.0 Å². The molecule has 0 radical (unpaired) electrons. The van der Waals surface area contributed by atoms with Crippen LogP contribution in [0.2, 0.25) is 0 Å². The van der Waals surface area contributed by atoms with Crippen molar-refractivity contribution in [3.8, 4) is 0 Å². The number of carbonyl (C=O) groups is 6. The van der Waals surface area contributed by atoms with Crippen LogP contribution in [0, 0.1) is 0 Å². The maximum absolute atomic E-state index is 12.6. The number of hydrogen-bond acceptors (Lipinski definition) is 8. The smallest absolute Gasteiger partial charge is 0.326 e. The molecule has 16 heteroatoms. The molecular formula is C18H32N8O8. The Hall–Kier alpha value is -3.95. The highest BCUT2D eigenvalue weighted by Crippen LogP contribution is 2.03. The van der Waals surface area contributed by atoms with E-state index in [2.05, 4.69) is 20.9 Å². The molecular weight excluding hydrogens is 456 g/mol. The predicted molar refractivity (Wildman–Crippen MR) is 118 cm³/mol. The lowest BCUT2D eigenvalue weighted by Gasteiger charge is -2.23. The summed E-state index contributed by atoms with van der Waals surface area (Å²) in [5, 5.41) is 24.6. The van der Waals surface area contributed by atoms with E-state index in [0.29, 0.717) is 0 Å². The number of carboxylic acid groups (broad SMARTS) is 2. The molecule has 0 aliphatic rings. The maximum atomic E-state index is 12.6. The van der Waals surface area contributed by atoms with Crippen molar-refractivity contribution in [2.45, 2.75) is 63.2 Å². The second-order valence-electron chi connectivity index (χ2n) is 7.35. The molecule has 0 bridgehead atoms. The van der Waals surface area contributed by atoms with Gasteiger partial charge in [-0.15, -0.1) is 0 Å². The molecule has 34 heavy (non-hydrogen) atoms. The van der Waals surface area contributed by atoms with E-state index in [1.165, 1.54) is 6.92 Å². The van der Waals surface area contributed by atoms with Gasteiger partial charge in [0.2, 0.25) is 23.6 Å². The first-order valence-corrected chi connectivity index (χ1v) is 10.2. The molecule has 0 heterocycles. The topological polar surface area (TPSA) is 295 Å². The summed E-state index contributed by atoms with van der Waals surface area (Å²) in [4.78, 5) is 73.9. The molecule has 0 aliphatic heterocycles. The zero-order chi connectivity index (χ0) is 26.4. The number of hydrogen-bond donors (Lipinski definition) is 9. The van der Waals surface area contributed by atoms with Crippen LogP contribution in [-0.4, -0.2) is 82.5 Å². The summed E-state index contributed by atoms with van der Waals surface area (Å²) in [6.07, 6.45) is -0.970. The molecule has 192 valence electrons. The highest BCUT2D eigenvalue weighted by Gasteiger charge is 2.29. The molecule has 0 aromatic heterocycles. The molecule has 0 saturated heterocycles. The number of carbonyl (C=O) groups excluding carboxylic acids is 4. The first kappa shape index (κ1) is 30.1. The summed E-state index contributed by atoms with van der Waals surface area (Å²) in [5.74, 6) is -6.28. The van der Waals surface area contributed by atoms with Gasteiger partial charge in [0.25, 0.3) is 0 Å². The molecule has 0 aromatic carbocycles. The van der Waals surface area contributed by atoms with Crippen LogP contribution in [-0.2, 0) is 28.8 Å². The number of nitrogens with zero attached hydrogens (tertiary/aromatic N) is 1. The minimum absolute atomic E-state index is 0.0178. The largest absolute Gasteiger partial charge is 0.481 e. The molecule has 0 aliphatic carbocycles. The molecule has 0 aromatic rings. The van der Waals surface area contributed by atoms with Gasteiger partial charge in [0.1, 0.15) is 18.1 Å². The van der Waals surface area contributed by atoms with Gasteiger partial charge in [-0.2, -0.15) is 0 Å². The zero-order valence-electron chi connectivity index (χ0n) is 18.7. The van der Waals surface area contributed by atoms with Crippen LogP contribution in [0.3, 0.4) is 0 Å². The Kier molecular flexibility index (Phi) is 13.2. The maximum Gasteiger partial charge on any atom is 0.326 e. The number of rotatable bonds is 16. The quantitative estimate of drug-likeness (QED) is 0.0568. The van der Waals surface area contributed by atoms with Gasteiger partial charge in [-0.1, -0.05) is 0 Å². The molecule has 0 saturated carbocycles. The van der Waals surface area contributed by atoms with Gasteiger partial charge in [-0.25, -0.2) is 4.79 Å². The van der Waals surface area contributed by atoms with Crippen LogP contribution >= 0.6 is 0 Å². The molecule has 4 amide bonds. The summed E-state index contributed by atoms with van der Waals surface area (Å²) in [6, 6.07) is -5.23. The highest BCUT2D eigenvalue weighted by atomic mass is 16.4. The van der Waals surface area contributed by atoms with E-state index in [1.807, 2.05) is 0 Å². The third-order valence-corrected chi connectivity index (χ3v) is 4.36. The number of primary amides is 1.